The van der Waals surface area contributed by atoms with Gasteiger partial charge in [0.05, 0.1) is 0 Å². The second-order valence-electron chi connectivity index (χ2n) is 4.29. The number of H-pyrrole nitrogens is 1. The molecule has 1 aliphatic heterocycles. The summed E-state index contributed by atoms with van der Waals surface area (Å²) in [6, 6.07) is 0. The van der Waals surface area contributed by atoms with Crippen molar-refractivity contribution in [3.63, 3.8) is 0 Å². The molecule has 0 aromatic carbocycles. The molecule has 0 saturated carbocycles. The quantitative estimate of drug-likeness (QED) is 0.767. The van der Waals surface area contributed by atoms with E-state index < -0.39 is 0 Å². The molecule has 1 aromatic heterocycles. The van der Waals surface area contributed by atoms with E-state index in [1.54, 1.807) is 0 Å². The van der Waals surface area contributed by atoms with E-state index in [1.807, 2.05) is 0 Å². The highest BCUT2D eigenvalue weighted by Crippen LogP contribution is 2.25. The van der Waals surface area contributed by atoms with Crippen LogP contribution in [0.3, 0.4) is 0 Å². The van der Waals surface area contributed by atoms with Gasteiger partial charge in [0.2, 0.25) is 5.95 Å². The van der Waals surface area contributed by atoms with Gasteiger partial charge in [-0.25, -0.2) is 5.10 Å². The molecule has 0 atom stereocenters. The average Bonchev–Trinajstić information content (AvgIpc) is 2.71. The molecule has 1 N–H and O–H groups in total. The first-order chi connectivity index (χ1) is 6.77. The van der Waals surface area contributed by atoms with Crippen LogP contribution < -0.4 is 4.90 Å². The van der Waals surface area contributed by atoms with E-state index in [2.05, 4.69) is 39.4 Å². The van der Waals surface area contributed by atoms with Crippen molar-refractivity contribution in [2.24, 2.45) is 11.8 Å². The lowest BCUT2D eigenvalue weighted by atomic mass is 9.87. The van der Waals surface area contributed by atoms with Gasteiger partial charge in [0.15, 0.2) is 0 Å². The van der Waals surface area contributed by atoms with Gasteiger partial charge >= 0.3 is 0 Å². The summed E-state index contributed by atoms with van der Waals surface area (Å²) in [4.78, 5) is 2.22. The summed E-state index contributed by atoms with van der Waals surface area (Å²) in [6.45, 7) is 6.74. The highest BCUT2D eigenvalue weighted by atomic mass is 15.5. The maximum atomic E-state index is 3.92. The first kappa shape index (κ1) is 9.43. The molecule has 2 rings (SSSR count). The molecule has 0 aliphatic carbocycles. The van der Waals surface area contributed by atoms with Crippen molar-refractivity contribution in [1.29, 1.82) is 0 Å². The topological polar surface area (TPSA) is 57.7 Å². The van der Waals surface area contributed by atoms with E-state index >= 15 is 0 Å². The van der Waals surface area contributed by atoms with Crippen LogP contribution in [0.5, 0.6) is 0 Å². The number of hydrogen-bond acceptors (Lipinski definition) is 4. The van der Waals surface area contributed by atoms with Gasteiger partial charge in [0.1, 0.15) is 0 Å². The number of anilines is 1. The molecule has 0 bridgehead atoms. The fraction of sp³-hybridized carbons (Fsp3) is 0.889. The van der Waals surface area contributed by atoms with Crippen molar-refractivity contribution in [3.05, 3.63) is 0 Å². The Balaban J connectivity index is 1.90. The second kappa shape index (κ2) is 3.94. The van der Waals surface area contributed by atoms with Crippen LogP contribution in [0.4, 0.5) is 5.95 Å². The van der Waals surface area contributed by atoms with E-state index in [4.69, 9.17) is 0 Å². The molecule has 1 saturated heterocycles. The summed E-state index contributed by atoms with van der Waals surface area (Å²) in [5.41, 5.74) is 0. The van der Waals surface area contributed by atoms with Crippen LogP contribution in [0.25, 0.3) is 0 Å². The third-order valence-electron chi connectivity index (χ3n) is 3.12. The van der Waals surface area contributed by atoms with Crippen molar-refractivity contribution in [2.75, 3.05) is 18.0 Å². The van der Waals surface area contributed by atoms with E-state index in [0.717, 1.165) is 30.9 Å². The Labute approximate surface area is 83.9 Å². The molecule has 2 heterocycles. The summed E-state index contributed by atoms with van der Waals surface area (Å²) in [5.74, 6) is 2.47. The van der Waals surface area contributed by atoms with Gasteiger partial charge in [-0.3, -0.25) is 0 Å². The number of aromatic amines is 1. The van der Waals surface area contributed by atoms with E-state index in [-0.39, 0.29) is 0 Å². The Morgan fingerprint density at radius 1 is 1.36 bits per heavy atom. The van der Waals surface area contributed by atoms with Crippen molar-refractivity contribution < 1.29 is 0 Å². The Kier molecular flexibility index (Phi) is 2.65. The smallest absolute Gasteiger partial charge is 0.242 e. The van der Waals surface area contributed by atoms with Crippen LogP contribution in [0.15, 0.2) is 0 Å². The predicted octanol–water partition coefficient (Wildman–Crippen LogP) is 1.07. The first-order valence-electron chi connectivity index (χ1n) is 5.26. The minimum Gasteiger partial charge on any atom is -0.340 e. The molecule has 5 heteroatoms. The molecule has 78 valence electrons. The lowest BCUT2D eigenvalue weighted by Crippen LogP contribution is -2.35. The predicted molar refractivity (Wildman–Crippen MR) is 54.0 cm³/mol. The third kappa shape index (κ3) is 1.86. The van der Waals surface area contributed by atoms with Crippen molar-refractivity contribution in [3.8, 4) is 0 Å². The Bertz CT molecular complexity index is 261. The fourth-order valence-corrected chi connectivity index (χ4v) is 2.07. The van der Waals surface area contributed by atoms with Gasteiger partial charge < -0.3 is 4.90 Å². The molecule has 0 amide bonds. The molecule has 1 aliphatic rings. The molecule has 1 aromatic rings. The highest BCUT2D eigenvalue weighted by Gasteiger charge is 2.22. The van der Waals surface area contributed by atoms with Crippen LogP contribution in [-0.4, -0.2) is 33.7 Å². The Morgan fingerprint density at radius 2 is 2.07 bits per heavy atom. The lowest BCUT2D eigenvalue weighted by molar-refractivity contribution is 0.310. The van der Waals surface area contributed by atoms with Gasteiger partial charge in [-0.15, -0.1) is 0 Å². The van der Waals surface area contributed by atoms with Crippen LogP contribution >= 0.6 is 0 Å². The first-order valence-corrected chi connectivity index (χ1v) is 5.26. The van der Waals surface area contributed by atoms with Crippen LogP contribution in [0.1, 0.15) is 26.7 Å². The number of nitrogens with one attached hydrogen (secondary N) is 1. The van der Waals surface area contributed by atoms with E-state index in [9.17, 15) is 0 Å². The standard InChI is InChI=1S/C9H17N5/c1-7(2)8-3-5-14(6-4-8)9-10-12-13-11-9/h7-8H,3-6H2,1-2H3,(H,10,11,12,13). The number of piperidine rings is 1. The lowest BCUT2D eigenvalue weighted by Gasteiger charge is -2.33. The second-order valence-corrected chi connectivity index (χ2v) is 4.29. The minimum absolute atomic E-state index is 0.796. The zero-order valence-corrected chi connectivity index (χ0v) is 8.77. The maximum Gasteiger partial charge on any atom is 0.242 e. The largest absolute Gasteiger partial charge is 0.340 e. The van der Waals surface area contributed by atoms with Gasteiger partial charge in [-0.05, 0) is 35.1 Å². The van der Waals surface area contributed by atoms with Gasteiger partial charge in [-0.2, -0.15) is 0 Å². The number of hydrogen-bond donors (Lipinski definition) is 1. The average molecular weight is 195 g/mol. The summed E-state index contributed by atoms with van der Waals surface area (Å²) >= 11 is 0. The van der Waals surface area contributed by atoms with Crippen LogP contribution in [0.2, 0.25) is 0 Å². The molecule has 1 fully saturated rings. The molecule has 5 nitrogen and oxygen atoms in total. The molecular formula is C9H17N5. The molecule has 0 unspecified atom stereocenters. The molecule has 0 radical (unpaired) electrons. The van der Waals surface area contributed by atoms with Gasteiger partial charge in [0, 0.05) is 13.1 Å². The molecule has 0 spiro atoms. The monoisotopic (exact) mass is 195 g/mol. The van der Waals surface area contributed by atoms with E-state index in [1.165, 1.54) is 12.8 Å². The summed E-state index contributed by atoms with van der Waals surface area (Å²) in [7, 11) is 0. The summed E-state index contributed by atoms with van der Waals surface area (Å²) < 4.78 is 0. The highest BCUT2D eigenvalue weighted by molar-refractivity contribution is 5.26. The van der Waals surface area contributed by atoms with Crippen molar-refractivity contribution >= 4 is 5.95 Å². The van der Waals surface area contributed by atoms with E-state index in [0.29, 0.717) is 0 Å². The number of rotatable bonds is 2. The normalized spacial score (nSPS) is 19.2. The SMILES string of the molecule is CC(C)C1CCN(c2nnn[nH]2)CC1. The zero-order chi connectivity index (χ0) is 9.97. The van der Waals surface area contributed by atoms with Gasteiger partial charge in [-0.1, -0.05) is 18.9 Å². The maximum absolute atomic E-state index is 3.92. The number of nitrogens with zero attached hydrogens (tertiary/aromatic N) is 4. The third-order valence-corrected chi connectivity index (χ3v) is 3.12. The van der Waals surface area contributed by atoms with Gasteiger partial charge in [0.25, 0.3) is 0 Å². The molecule has 14 heavy (non-hydrogen) atoms. The summed E-state index contributed by atoms with van der Waals surface area (Å²) in [6.07, 6.45) is 2.50. The zero-order valence-electron chi connectivity index (χ0n) is 8.77. The number of aromatic nitrogens is 4. The minimum atomic E-state index is 0.796. The summed E-state index contributed by atoms with van der Waals surface area (Å²) in [5, 5.41) is 13.9. The molecular weight excluding hydrogens is 178 g/mol. The fourth-order valence-electron chi connectivity index (χ4n) is 2.07. The Hall–Kier alpha value is -1.13. The van der Waals surface area contributed by atoms with Crippen LogP contribution in [-0.2, 0) is 0 Å². The number of tetrazole rings is 1. The van der Waals surface area contributed by atoms with Crippen LogP contribution in [0, 0.1) is 11.8 Å². The van der Waals surface area contributed by atoms with Crippen molar-refractivity contribution in [1.82, 2.24) is 20.6 Å². The van der Waals surface area contributed by atoms with Crippen molar-refractivity contribution in [2.45, 2.75) is 26.7 Å². The Morgan fingerprint density at radius 3 is 2.57 bits per heavy atom.